The lowest BCUT2D eigenvalue weighted by molar-refractivity contribution is -0.00557. The molecule has 1 aromatic heterocycles. The molecular formula is C28H33N3O. The lowest BCUT2D eigenvalue weighted by atomic mass is 9.65. The van der Waals surface area contributed by atoms with Crippen LogP contribution < -0.4 is 0 Å². The molecule has 2 fully saturated rings. The van der Waals surface area contributed by atoms with E-state index in [2.05, 4.69) is 65.0 Å². The number of piperazine rings is 1. The minimum absolute atomic E-state index is 0.0916. The van der Waals surface area contributed by atoms with Crippen molar-refractivity contribution in [1.29, 1.82) is 0 Å². The Hall–Kier alpha value is -2.69. The van der Waals surface area contributed by atoms with Crippen LogP contribution in [0.3, 0.4) is 0 Å². The van der Waals surface area contributed by atoms with Gasteiger partial charge in [0.05, 0.1) is 0 Å². The molecule has 4 nitrogen and oxygen atoms in total. The smallest absolute Gasteiger partial charge is 0.115 e. The van der Waals surface area contributed by atoms with Crippen molar-refractivity contribution in [2.24, 2.45) is 5.92 Å². The van der Waals surface area contributed by atoms with E-state index < -0.39 is 0 Å². The van der Waals surface area contributed by atoms with E-state index in [0.717, 1.165) is 44.7 Å². The molecule has 2 saturated heterocycles. The largest absolute Gasteiger partial charge is 0.508 e. The Kier molecular flexibility index (Phi) is 5.75. The van der Waals surface area contributed by atoms with E-state index in [9.17, 15) is 5.11 Å². The highest BCUT2D eigenvalue weighted by molar-refractivity contribution is 5.62. The predicted molar refractivity (Wildman–Crippen MR) is 130 cm³/mol. The van der Waals surface area contributed by atoms with E-state index in [1.54, 1.807) is 6.07 Å². The number of hydrogen-bond donors (Lipinski definition) is 1. The standard InChI is InChI=1S/C28H33N3O/c1-21-18-31-14-13-30(19-22-8-10-23(11-9-22)24-5-4-12-29-17-24)20-26(31)16-28(21,2)25-6-3-7-27(32)15-25/h3-12,15,17,21,26,32H,13-14,16,18-20H2,1-2H3/t21-,26?,28+/m0/s1. The number of piperidine rings is 1. The number of rotatable bonds is 4. The van der Waals surface area contributed by atoms with E-state index in [-0.39, 0.29) is 5.41 Å². The van der Waals surface area contributed by atoms with Gasteiger partial charge in [0.1, 0.15) is 5.75 Å². The molecule has 2 aliphatic heterocycles. The minimum Gasteiger partial charge on any atom is -0.508 e. The highest BCUT2D eigenvalue weighted by Gasteiger charge is 2.44. The molecular weight excluding hydrogens is 394 g/mol. The summed E-state index contributed by atoms with van der Waals surface area (Å²) in [6.07, 6.45) is 4.87. The number of hydrogen-bond acceptors (Lipinski definition) is 4. The third kappa shape index (κ3) is 4.17. The molecule has 32 heavy (non-hydrogen) atoms. The van der Waals surface area contributed by atoms with Crippen molar-refractivity contribution < 1.29 is 5.11 Å². The maximum atomic E-state index is 10.1. The Balaban J connectivity index is 1.27. The van der Waals surface area contributed by atoms with Gasteiger partial charge in [0.2, 0.25) is 0 Å². The average Bonchev–Trinajstić information content (AvgIpc) is 2.81. The van der Waals surface area contributed by atoms with Gasteiger partial charge in [-0.1, -0.05) is 56.3 Å². The molecule has 1 unspecified atom stereocenters. The molecule has 0 amide bonds. The zero-order chi connectivity index (χ0) is 22.1. The van der Waals surface area contributed by atoms with Crippen LogP contribution in [0.5, 0.6) is 5.75 Å². The maximum Gasteiger partial charge on any atom is 0.115 e. The number of benzene rings is 2. The topological polar surface area (TPSA) is 39.6 Å². The molecule has 0 radical (unpaired) electrons. The van der Waals surface area contributed by atoms with Crippen LogP contribution in [-0.4, -0.2) is 52.1 Å². The Morgan fingerprint density at radius 2 is 1.84 bits per heavy atom. The molecule has 0 spiro atoms. The first-order valence-corrected chi connectivity index (χ1v) is 11.8. The van der Waals surface area contributed by atoms with Crippen LogP contribution in [-0.2, 0) is 12.0 Å². The van der Waals surface area contributed by atoms with Gasteiger partial charge in [0.25, 0.3) is 0 Å². The first-order chi connectivity index (χ1) is 15.5. The van der Waals surface area contributed by atoms with E-state index in [1.165, 1.54) is 16.7 Å². The monoisotopic (exact) mass is 427 g/mol. The van der Waals surface area contributed by atoms with Crippen LogP contribution in [0.1, 0.15) is 31.4 Å². The number of pyridine rings is 1. The van der Waals surface area contributed by atoms with Gasteiger partial charge in [-0.05, 0) is 58.2 Å². The van der Waals surface area contributed by atoms with Crippen molar-refractivity contribution in [2.75, 3.05) is 26.2 Å². The number of phenolic OH excluding ortho intramolecular Hbond substituents is 1. The number of phenols is 1. The molecule has 166 valence electrons. The van der Waals surface area contributed by atoms with Crippen LogP contribution >= 0.6 is 0 Å². The second-order valence-corrected chi connectivity index (χ2v) is 9.90. The van der Waals surface area contributed by atoms with Gasteiger partial charge in [-0.25, -0.2) is 0 Å². The summed E-state index contributed by atoms with van der Waals surface area (Å²) >= 11 is 0. The van der Waals surface area contributed by atoms with Crippen molar-refractivity contribution in [2.45, 2.75) is 38.3 Å². The normalized spacial score (nSPS) is 26.6. The zero-order valence-electron chi connectivity index (χ0n) is 19.1. The SMILES string of the molecule is C[C@H]1CN2CCN(Cc3ccc(-c4cccnc4)cc3)CC2C[C@@]1(C)c1cccc(O)c1. The van der Waals surface area contributed by atoms with E-state index in [1.807, 2.05) is 30.6 Å². The Bertz CT molecular complexity index is 1050. The van der Waals surface area contributed by atoms with E-state index in [4.69, 9.17) is 0 Å². The summed E-state index contributed by atoms with van der Waals surface area (Å²) in [6.45, 7) is 10.2. The molecule has 3 heterocycles. The van der Waals surface area contributed by atoms with Crippen LogP contribution in [0.25, 0.3) is 11.1 Å². The summed E-state index contributed by atoms with van der Waals surface area (Å²) in [5.41, 5.74) is 5.11. The second-order valence-electron chi connectivity index (χ2n) is 9.90. The predicted octanol–water partition coefficient (Wildman–Crippen LogP) is 4.94. The van der Waals surface area contributed by atoms with Crippen LogP contribution in [0.15, 0.2) is 73.1 Å². The van der Waals surface area contributed by atoms with Crippen molar-refractivity contribution in [1.82, 2.24) is 14.8 Å². The quantitative estimate of drug-likeness (QED) is 0.640. The summed E-state index contributed by atoms with van der Waals surface area (Å²) in [4.78, 5) is 9.53. The van der Waals surface area contributed by atoms with Crippen molar-refractivity contribution in [3.8, 4) is 16.9 Å². The Morgan fingerprint density at radius 3 is 2.59 bits per heavy atom. The summed E-state index contributed by atoms with van der Waals surface area (Å²) in [5.74, 6) is 0.936. The minimum atomic E-state index is 0.0916. The first kappa shape index (κ1) is 21.2. The number of nitrogens with zero attached hydrogens (tertiary/aromatic N) is 3. The van der Waals surface area contributed by atoms with Gasteiger partial charge >= 0.3 is 0 Å². The molecule has 4 heteroatoms. The van der Waals surface area contributed by atoms with Gasteiger partial charge in [-0.15, -0.1) is 0 Å². The number of aromatic nitrogens is 1. The third-order valence-corrected chi connectivity index (χ3v) is 7.81. The highest BCUT2D eigenvalue weighted by Crippen LogP contribution is 2.43. The lowest BCUT2D eigenvalue weighted by Gasteiger charge is -2.53. The van der Waals surface area contributed by atoms with Crippen molar-refractivity contribution >= 4 is 0 Å². The molecule has 0 saturated carbocycles. The van der Waals surface area contributed by atoms with Crippen molar-refractivity contribution in [3.63, 3.8) is 0 Å². The maximum absolute atomic E-state index is 10.1. The number of aromatic hydroxyl groups is 1. The zero-order valence-corrected chi connectivity index (χ0v) is 19.1. The summed E-state index contributed by atoms with van der Waals surface area (Å²) < 4.78 is 0. The van der Waals surface area contributed by atoms with Gasteiger partial charge in [0, 0.05) is 51.2 Å². The summed E-state index contributed by atoms with van der Waals surface area (Å²) in [7, 11) is 0. The van der Waals surface area contributed by atoms with Gasteiger partial charge < -0.3 is 5.11 Å². The fourth-order valence-electron chi connectivity index (χ4n) is 5.64. The first-order valence-electron chi connectivity index (χ1n) is 11.8. The third-order valence-electron chi connectivity index (χ3n) is 7.81. The average molecular weight is 428 g/mol. The highest BCUT2D eigenvalue weighted by atomic mass is 16.3. The summed E-state index contributed by atoms with van der Waals surface area (Å²) in [6, 6.07) is 21.5. The molecule has 0 bridgehead atoms. The van der Waals surface area contributed by atoms with E-state index >= 15 is 0 Å². The molecule has 3 atom stereocenters. The van der Waals surface area contributed by atoms with Gasteiger partial charge in [-0.2, -0.15) is 0 Å². The fraction of sp³-hybridized carbons (Fsp3) is 0.393. The molecule has 2 aliphatic rings. The second kappa shape index (κ2) is 8.68. The van der Waals surface area contributed by atoms with Gasteiger partial charge in [0.15, 0.2) is 0 Å². The lowest BCUT2D eigenvalue weighted by Crippen LogP contribution is -2.60. The molecule has 5 rings (SSSR count). The van der Waals surface area contributed by atoms with Crippen LogP contribution in [0.4, 0.5) is 0 Å². The van der Waals surface area contributed by atoms with E-state index in [0.29, 0.717) is 17.7 Å². The van der Waals surface area contributed by atoms with Crippen molar-refractivity contribution in [3.05, 3.63) is 84.2 Å². The van der Waals surface area contributed by atoms with Crippen LogP contribution in [0, 0.1) is 5.92 Å². The Labute approximate surface area is 191 Å². The molecule has 3 aromatic rings. The molecule has 2 aromatic carbocycles. The fourth-order valence-corrected chi connectivity index (χ4v) is 5.64. The van der Waals surface area contributed by atoms with Crippen LogP contribution in [0.2, 0.25) is 0 Å². The number of fused-ring (bicyclic) bond motifs is 1. The van der Waals surface area contributed by atoms with Gasteiger partial charge in [-0.3, -0.25) is 14.8 Å². The Morgan fingerprint density at radius 1 is 1.00 bits per heavy atom. The summed E-state index contributed by atoms with van der Waals surface area (Å²) in [5, 5.41) is 10.1. The molecule has 1 N–H and O–H groups in total. The molecule has 0 aliphatic carbocycles.